The molecule has 0 bridgehead atoms. The van der Waals surface area contributed by atoms with Crippen LogP contribution in [-0.4, -0.2) is 9.97 Å². The average Bonchev–Trinajstić information content (AvgIpc) is 2.45. The molecule has 1 unspecified atom stereocenters. The Hall–Kier alpha value is -1.95. The Labute approximate surface area is 121 Å². The predicted octanol–water partition coefficient (Wildman–Crippen LogP) is 3.65. The first-order valence-corrected chi connectivity index (χ1v) is 6.55. The fourth-order valence-corrected chi connectivity index (χ4v) is 2.07. The van der Waals surface area contributed by atoms with Gasteiger partial charge in [0.15, 0.2) is 0 Å². The molecule has 0 fully saturated rings. The fraction of sp³-hybridized carbons (Fsp3) is 0.333. The van der Waals surface area contributed by atoms with Gasteiger partial charge in [0.05, 0.1) is 17.0 Å². The highest BCUT2D eigenvalue weighted by molar-refractivity contribution is 5.25. The third-order valence-electron chi connectivity index (χ3n) is 3.20. The third-order valence-corrected chi connectivity index (χ3v) is 3.20. The predicted molar refractivity (Wildman–Crippen MR) is 73.5 cm³/mol. The number of halogens is 3. The van der Waals surface area contributed by atoms with E-state index in [1.165, 1.54) is 6.07 Å². The van der Waals surface area contributed by atoms with Gasteiger partial charge in [-0.25, -0.2) is 0 Å². The van der Waals surface area contributed by atoms with Crippen LogP contribution < -0.4 is 5.32 Å². The number of benzene rings is 1. The van der Waals surface area contributed by atoms with Crippen LogP contribution in [0.15, 0.2) is 36.7 Å². The maximum atomic E-state index is 12.6. The standard InChI is InChI=1S/C15H16F3N3/c1-10-14(20-7-6-19-10)11(2)21-9-12-4-3-5-13(8-12)15(16,17)18/h3-8,11,21H,9H2,1-2H3. The first-order chi connectivity index (χ1) is 9.88. The Kier molecular flexibility index (Phi) is 4.57. The molecule has 112 valence electrons. The van der Waals surface area contributed by atoms with E-state index < -0.39 is 11.7 Å². The van der Waals surface area contributed by atoms with Gasteiger partial charge in [0.2, 0.25) is 0 Å². The van der Waals surface area contributed by atoms with Crippen molar-refractivity contribution in [2.24, 2.45) is 0 Å². The molecule has 6 heteroatoms. The molecule has 1 aromatic carbocycles. The molecule has 0 aliphatic rings. The van der Waals surface area contributed by atoms with Crippen molar-refractivity contribution in [2.45, 2.75) is 32.6 Å². The molecule has 1 heterocycles. The van der Waals surface area contributed by atoms with Crippen molar-refractivity contribution >= 4 is 0 Å². The molecule has 0 aliphatic heterocycles. The maximum Gasteiger partial charge on any atom is 0.416 e. The Balaban J connectivity index is 2.05. The molecule has 0 amide bonds. The van der Waals surface area contributed by atoms with E-state index in [9.17, 15) is 13.2 Å². The number of nitrogens with zero attached hydrogens (tertiary/aromatic N) is 2. The first kappa shape index (κ1) is 15.4. The van der Waals surface area contributed by atoms with Gasteiger partial charge in [-0.1, -0.05) is 18.2 Å². The molecular formula is C15H16F3N3. The molecule has 2 aromatic rings. The summed E-state index contributed by atoms with van der Waals surface area (Å²) >= 11 is 0. The molecule has 21 heavy (non-hydrogen) atoms. The van der Waals surface area contributed by atoms with Crippen molar-refractivity contribution in [3.63, 3.8) is 0 Å². The zero-order chi connectivity index (χ0) is 15.5. The third kappa shape index (κ3) is 4.01. The number of nitrogens with one attached hydrogen (secondary N) is 1. The van der Waals surface area contributed by atoms with Gasteiger partial charge in [-0.05, 0) is 25.5 Å². The van der Waals surface area contributed by atoms with Crippen LogP contribution >= 0.6 is 0 Å². The topological polar surface area (TPSA) is 37.8 Å². The van der Waals surface area contributed by atoms with Crippen molar-refractivity contribution in [1.29, 1.82) is 0 Å². The van der Waals surface area contributed by atoms with Crippen LogP contribution in [0.3, 0.4) is 0 Å². The van der Waals surface area contributed by atoms with Crippen LogP contribution in [0.5, 0.6) is 0 Å². The number of hydrogen-bond acceptors (Lipinski definition) is 3. The van der Waals surface area contributed by atoms with Crippen molar-refractivity contribution in [3.05, 3.63) is 59.2 Å². The van der Waals surface area contributed by atoms with Crippen LogP contribution in [0.4, 0.5) is 13.2 Å². The molecule has 3 nitrogen and oxygen atoms in total. The van der Waals surface area contributed by atoms with Crippen molar-refractivity contribution in [3.8, 4) is 0 Å². The van der Waals surface area contributed by atoms with E-state index in [-0.39, 0.29) is 6.04 Å². The van der Waals surface area contributed by atoms with Crippen LogP contribution in [-0.2, 0) is 12.7 Å². The number of hydrogen-bond donors (Lipinski definition) is 1. The quantitative estimate of drug-likeness (QED) is 0.935. The van der Waals surface area contributed by atoms with Gasteiger partial charge >= 0.3 is 6.18 Å². The molecule has 0 radical (unpaired) electrons. The van der Waals surface area contributed by atoms with Crippen LogP contribution in [0, 0.1) is 6.92 Å². The number of rotatable bonds is 4. The lowest BCUT2D eigenvalue weighted by molar-refractivity contribution is -0.137. The van der Waals surface area contributed by atoms with E-state index in [0.717, 1.165) is 23.5 Å². The summed E-state index contributed by atoms with van der Waals surface area (Å²) in [5, 5.41) is 3.16. The molecule has 1 atom stereocenters. The summed E-state index contributed by atoms with van der Waals surface area (Å²) in [5.74, 6) is 0. The van der Waals surface area contributed by atoms with E-state index in [0.29, 0.717) is 12.1 Å². The molecule has 1 aromatic heterocycles. The smallest absolute Gasteiger partial charge is 0.305 e. The minimum absolute atomic E-state index is 0.0896. The first-order valence-electron chi connectivity index (χ1n) is 6.55. The Bertz CT molecular complexity index is 611. The van der Waals surface area contributed by atoms with Crippen LogP contribution in [0.25, 0.3) is 0 Å². The zero-order valence-corrected chi connectivity index (χ0v) is 11.8. The van der Waals surface area contributed by atoms with Gasteiger partial charge in [-0.15, -0.1) is 0 Å². The van der Waals surface area contributed by atoms with Gasteiger partial charge in [-0.3, -0.25) is 9.97 Å². The lowest BCUT2D eigenvalue weighted by Gasteiger charge is -2.15. The summed E-state index contributed by atoms with van der Waals surface area (Å²) in [6.07, 6.45) is -1.10. The minimum atomic E-state index is -4.32. The van der Waals surface area contributed by atoms with E-state index in [1.807, 2.05) is 13.8 Å². The molecule has 2 rings (SSSR count). The molecule has 0 saturated heterocycles. The van der Waals surface area contributed by atoms with Crippen LogP contribution in [0.2, 0.25) is 0 Å². The maximum absolute atomic E-state index is 12.6. The molecule has 0 aliphatic carbocycles. The monoisotopic (exact) mass is 295 g/mol. The lowest BCUT2D eigenvalue weighted by atomic mass is 10.1. The van der Waals surface area contributed by atoms with Gasteiger partial charge in [-0.2, -0.15) is 13.2 Å². The largest absolute Gasteiger partial charge is 0.416 e. The number of aryl methyl sites for hydroxylation is 1. The van der Waals surface area contributed by atoms with E-state index >= 15 is 0 Å². The van der Waals surface area contributed by atoms with Crippen LogP contribution in [0.1, 0.15) is 35.5 Å². The number of alkyl halides is 3. The fourth-order valence-electron chi connectivity index (χ4n) is 2.07. The summed E-state index contributed by atoms with van der Waals surface area (Å²) < 4.78 is 37.9. The van der Waals surface area contributed by atoms with E-state index in [4.69, 9.17) is 0 Å². The van der Waals surface area contributed by atoms with Crippen molar-refractivity contribution in [1.82, 2.24) is 15.3 Å². The Morgan fingerprint density at radius 1 is 1.19 bits per heavy atom. The molecule has 0 saturated carbocycles. The normalized spacial score (nSPS) is 13.2. The van der Waals surface area contributed by atoms with E-state index in [1.54, 1.807) is 18.5 Å². The number of aromatic nitrogens is 2. The Morgan fingerprint density at radius 2 is 1.90 bits per heavy atom. The highest BCUT2D eigenvalue weighted by atomic mass is 19.4. The highest BCUT2D eigenvalue weighted by Gasteiger charge is 2.30. The second-order valence-corrected chi connectivity index (χ2v) is 4.83. The van der Waals surface area contributed by atoms with Gasteiger partial charge in [0.1, 0.15) is 0 Å². The van der Waals surface area contributed by atoms with E-state index in [2.05, 4.69) is 15.3 Å². The summed E-state index contributed by atoms with van der Waals surface area (Å²) in [7, 11) is 0. The second kappa shape index (κ2) is 6.22. The Morgan fingerprint density at radius 3 is 2.57 bits per heavy atom. The summed E-state index contributed by atoms with van der Waals surface area (Å²) in [6.45, 7) is 4.09. The lowest BCUT2D eigenvalue weighted by Crippen LogP contribution is -2.20. The minimum Gasteiger partial charge on any atom is -0.305 e. The highest BCUT2D eigenvalue weighted by Crippen LogP contribution is 2.29. The zero-order valence-electron chi connectivity index (χ0n) is 11.8. The average molecular weight is 295 g/mol. The molecule has 1 N–H and O–H groups in total. The summed E-state index contributed by atoms with van der Waals surface area (Å²) in [5.41, 5.74) is 1.55. The second-order valence-electron chi connectivity index (χ2n) is 4.83. The SMILES string of the molecule is Cc1nccnc1C(C)NCc1cccc(C(F)(F)F)c1. The van der Waals surface area contributed by atoms with Gasteiger partial charge in [0, 0.05) is 25.0 Å². The summed E-state index contributed by atoms with van der Waals surface area (Å²) in [6, 6.07) is 5.22. The summed E-state index contributed by atoms with van der Waals surface area (Å²) in [4.78, 5) is 8.39. The molecule has 0 spiro atoms. The van der Waals surface area contributed by atoms with Crippen molar-refractivity contribution < 1.29 is 13.2 Å². The van der Waals surface area contributed by atoms with Gasteiger partial charge in [0.25, 0.3) is 0 Å². The van der Waals surface area contributed by atoms with Crippen molar-refractivity contribution in [2.75, 3.05) is 0 Å². The van der Waals surface area contributed by atoms with Gasteiger partial charge < -0.3 is 5.32 Å². The molecular weight excluding hydrogens is 279 g/mol.